The van der Waals surface area contributed by atoms with Crippen molar-refractivity contribution >= 4 is 34.6 Å². The molecule has 2 unspecified atom stereocenters. The molecular formula is C53H64N4O2. The zero-order valence-corrected chi connectivity index (χ0v) is 36.7. The third-order valence-corrected chi connectivity index (χ3v) is 13.3. The lowest BCUT2D eigenvalue weighted by Crippen LogP contribution is -2.44. The predicted molar refractivity (Wildman–Crippen MR) is 247 cm³/mol. The number of hydrogen-bond donors (Lipinski definition) is 3. The molecule has 7 rings (SSSR count). The van der Waals surface area contributed by atoms with Crippen molar-refractivity contribution in [3.63, 3.8) is 0 Å². The molecule has 6 nitrogen and oxygen atoms in total. The highest BCUT2D eigenvalue weighted by molar-refractivity contribution is 6.33. The van der Waals surface area contributed by atoms with Crippen LogP contribution in [0, 0.1) is 12.3 Å². The number of carbonyl (C=O) groups is 1. The van der Waals surface area contributed by atoms with E-state index >= 15 is 0 Å². The Morgan fingerprint density at radius 3 is 1.93 bits per heavy atom. The Labute approximate surface area is 352 Å². The summed E-state index contributed by atoms with van der Waals surface area (Å²) in [6.07, 6.45) is 15.8. The molecule has 0 saturated carbocycles. The molecule has 0 radical (unpaired) electrons. The molecule has 3 N–H and O–H groups in total. The van der Waals surface area contributed by atoms with Gasteiger partial charge in [-0.3, -0.25) is 4.79 Å². The smallest absolute Gasteiger partial charge is 0.316 e. The molecule has 0 amide bonds. The van der Waals surface area contributed by atoms with Gasteiger partial charge in [0.25, 0.3) is 0 Å². The first-order valence-electron chi connectivity index (χ1n) is 22.4. The van der Waals surface area contributed by atoms with Crippen molar-refractivity contribution in [2.75, 3.05) is 0 Å². The fourth-order valence-electron chi connectivity index (χ4n) is 9.79. The third-order valence-electron chi connectivity index (χ3n) is 13.3. The second kappa shape index (κ2) is 17.9. The van der Waals surface area contributed by atoms with Gasteiger partial charge in [-0.2, -0.15) is 0 Å². The van der Waals surface area contributed by atoms with Crippen LogP contribution in [-0.4, -0.2) is 33.5 Å². The summed E-state index contributed by atoms with van der Waals surface area (Å²) in [7, 11) is 0. The maximum absolute atomic E-state index is 14.1. The zero-order chi connectivity index (χ0) is 41.8. The van der Waals surface area contributed by atoms with E-state index < -0.39 is 17.4 Å². The summed E-state index contributed by atoms with van der Waals surface area (Å²) in [6, 6.07) is 20.6. The molecule has 2 atom stereocenters. The molecule has 1 aromatic heterocycles. The molecular weight excluding hydrogens is 725 g/mol. The molecule has 0 saturated heterocycles. The van der Waals surface area contributed by atoms with E-state index in [1.54, 1.807) is 0 Å². The molecule has 8 bridgehead atoms. The number of rotatable bonds is 15. The number of nitrogens with zero attached hydrogens (tertiary/aromatic N) is 2. The standard InChI is InChI=1S/C53H64N4O2/c1-9-13-27-39-33(5)48-46(37-23-19-17-20-24-37)49-35(7)41(29-15-11-3)44(56-49)32-45-53(52(58)59,30-16-12-4)36(8)51(57-45)47(38-25-21-18-22-26-38)50-34(6)40(28-14-10-2)43(55-50)31-42(39)54-48/h17-26,31-32,45,54,57H,9-16,27-30H2,1-8H3,(H,58,59)/b42-31-,44-32-,48-46-,50-47-. The number of aromatic nitrogens is 1. The summed E-state index contributed by atoms with van der Waals surface area (Å²) in [5.41, 5.74) is 15.8. The SMILES string of the molecule is CCCCC1=C(C)/C2=C(\c3ccccc3)C3=C(C)C(CCCC)(C(=O)O)C(/C=C4N=C(C(C)=C\4CCCC)/C(c4ccccc4)=c4\[nH]/c(c(CCCC)c4C)=C\C1=N2)N3. The van der Waals surface area contributed by atoms with Crippen LogP contribution in [0.4, 0.5) is 0 Å². The molecule has 3 aromatic rings. The molecule has 0 aliphatic carbocycles. The Kier molecular flexibility index (Phi) is 12.7. The Morgan fingerprint density at radius 2 is 1.32 bits per heavy atom. The van der Waals surface area contributed by atoms with E-state index in [1.807, 2.05) is 6.07 Å². The predicted octanol–water partition coefficient (Wildman–Crippen LogP) is 11.4. The highest BCUT2D eigenvalue weighted by Gasteiger charge is 2.53. The Bertz CT molecular complexity index is 2470. The number of carboxylic acids is 1. The summed E-state index contributed by atoms with van der Waals surface area (Å²) in [4.78, 5) is 29.4. The second-order valence-corrected chi connectivity index (χ2v) is 17.0. The van der Waals surface area contributed by atoms with Crippen molar-refractivity contribution in [3.8, 4) is 0 Å². The van der Waals surface area contributed by atoms with Gasteiger partial charge in [-0.1, -0.05) is 120 Å². The van der Waals surface area contributed by atoms with Gasteiger partial charge in [0.1, 0.15) is 5.41 Å². The van der Waals surface area contributed by atoms with Crippen LogP contribution in [0.15, 0.2) is 122 Å². The number of aliphatic carboxylic acids is 1. The van der Waals surface area contributed by atoms with E-state index in [0.29, 0.717) is 6.42 Å². The van der Waals surface area contributed by atoms with Crippen LogP contribution >= 0.6 is 0 Å². The summed E-state index contributed by atoms with van der Waals surface area (Å²) in [6.45, 7) is 17.7. The van der Waals surface area contributed by atoms with Crippen LogP contribution in [0.5, 0.6) is 0 Å². The number of nitrogens with one attached hydrogen (secondary N) is 2. The highest BCUT2D eigenvalue weighted by atomic mass is 16.4. The van der Waals surface area contributed by atoms with Gasteiger partial charge in [0, 0.05) is 22.2 Å². The van der Waals surface area contributed by atoms with Gasteiger partial charge in [0.15, 0.2) is 0 Å². The summed E-state index contributed by atoms with van der Waals surface area (Å²) in [5, 5.41) is 17.7. The third kappa shape index (κ3) is 7.60. The van der Waals surface area contributed by atoms with E-state index in [0.717, 1.165) is 149 Å². The first-order valence-corrected chi connectivity index (χ1v) is 22.4. The fourth-order valence-corrected chi connectivity index (χ4v) is 9.79. The molecule has 4 aliphatic heterocycles. The quantitative estimate of drug-likeness (QED) is 0.143. The molecule has 5 heterocycles. The molecule has 2 aromatic carbocycles. The van der Waals surface area contributed by atoms with Gasteiger partial charge >= 0.3 is 5.97 Å². The number of benzene rings is 2. The number of unbranched alkanes of at least 4 members (excludes halogenated alkanes) is 4. The van der Waals surface area contributed by atoms with Gasteiger partial charge in [-0.25, -0.2) is 9.98 Å². The van der Waals surface area contributed by atoms with Crippen molar-refractivity contribution in [2.45, 2.75) is 138 Å². The number of H-pyrrole nitrogens is 1. The summed E-state index contributed by atoms with van der Waals surface area (Å²) >= 11 is 0. The van der Waals surface area contributed by atoms with E-state index in [4.69, 9.17) is 9.98 Å². The zero-order valence-electron chi connectivity index (χ0n) is 36.7. The van der Waals surface area contributed by atoms with Crippen molar-refractivity contribution in [3.05, 3.63) is 145 Å². The van der Waals surface area contributed by atoms with Crippen LogP contribution in [0.2, 0.25) is 0 Å². The summed E-state index contributed by atoms with van der Waals surface area (Å²) < 4.78 is 0. The Morgan fingerprint density at radius 1 is 0.729 bits per heavy atom. The van der Waals surface area contributed by atoms with E-state index in [9.17, 15) is 9.90 Å². The lowest BCUT2D eigenvalue weighted by atomic mass is 9.71. The minimum Gasteiger partial charge on any atom is -0.481 e. The summed E-state index contributed by atoms with van der Waals surface area (Å²) in [5.74, 6) is -0.800. The van der Waals surface area contributed by atoms with Crippen LogP contribution in [0.25, 0.3) is 17.2 Å². The molecule has 0 fully saturated rings. The van der Waals surface area contributed by atoms with Crippen LogP contribution in [0.3, 0.4) is 0 Å². The molecule has 308 valence electrons. The monoisotopic (exact) mass is 789 g/mol. The van der Waals surface area contributed by atoms with Gasteiger partial charge in [-0.15, -0.1) is 0 Å². The number of aromatic amines is 1. The molecule has 4 aliphatic rings. The van der Waals surface area contributed by atoms with E-state index in [-0.39, 0.29) is 0 Å². The largest absolute Gasteiger partial charge is 0.481 e. The van der Waals surface area contributed by atoms with Gasteiger partial charge in [-0.05, 0) is 135 Å². The maximum Gasteiger partial charge on any atom is 0.316 e. The average Bonchev–Trinajstić information content (AvgIpc) is 3.91. The first-order chi connectivity index (χ1) is 28.6. The molecule has 59 heavy (non-hydrogen) atoms. The Hall–Kier alpha value is -5.23. The van der Waals surface area contributed by atoms with Crippen LogP contribution in [0.1, 0.15) is 141 Å². The maximum atomic E-state index is 14.1. The lowest BCUT2D eigenvalue weighted by molar-refractivity contribution is -0.147. The molecule has 0 spiro atoms. The van der Waals surface area contributed by atoms with Crippen LogP contribution < -0.4 is 16.0 Å². The number of fused-ring (bicyclic) bond motifs is 6. The highest BCUT2D eigenvalue weighted by Crippen LogP contribution is 2.50. The van der Waals surface area contributed by atoms with Gasteiger partial charge in [0.2, 0.25) is 0 Å². The van der Waals surface area contributed by atoms with E-state index in [2.05, 4.69) is 132 Å². The number of carboxylic acid groups (broad SMARTS) is 1. The minimum atomic E-state index is -1.18. The minimum absolute atomic E-state index is 0.515. The number of aliphatic imine (C=N–C) groups is 2. The van der Waals surface area contributed by atoms with E-state index in [1.165, 1.54) is 22.3 Å². The second-order valence-electron chi connectivity index (χ2n) is 17.0. The van der Waals surface area contributed by atoms with Crippen molar-refractivity contribution in [1.82, 2.24) is 10.3 Å². The van der Waals surface area contributed by atoms with Crippen molar-refractivity contribution < 1.29 is 9.90 Å². The van der Waals surface area contributed by atoms with Crippen molar-refractivity contribution in [1.29, 1.82) is 0 Å². The number of hydrogen-bond acceptors (Lipinski definition) is 4. The lowest BCUT2D eigenvalue weighted by Gasteiger charge is -2.31. The van der Waals surface area contributed by atoms with Crippen molar-refractivity contribution in [2.24, 2.45) is 15.4 Å². The van der Waals surface area contributed by atoms with Crippen LogP contribution in [-0.2, 0) is 11.2 Å². The average molecular weight is 789 g/mol. The topological polar surface area (TPSA) is 89.8 Å². The van der Waals surface area contributed by atoms with Gasteiger partial charge < -0.3 is 15.4 Å². The first kappa shape index (κ1) is 41.9. The number of allylic oxidation sites excluding steroid dienone is 5. The fraction of sp³-hybridized carbons (Fsp3) is 0.415. The normalized spacial score (nSPS) is 23.9. The Balaban J connectivity index is 1.69. The van der Waals surface area contributed by atoms with Gasteiger partial charge in [0.05, 0.1) is 34.2 Å². The molecule has 6 heteroatoms.